The molecule has 0 fully saturated rings. The Bertz CT molecular complexity index is 1370. The first-order chi connectivity index (χ1) is 15.0. The molecule has 0 saturated heterocycles. The summed E-state index contributed by atoms with van der Waals surface area (Å²) in [5.74, 6) is 0.0825. The molecule has 154 valence electrons. The van der Waals surface area contributed by atoms with Gasteiger partial charge in [0.1, 0.15) is 16.5 Å². The van der Waals surface area contributed by atoms with Crippen molar-refractivity contribution in [3.63, 3.8) is 0 Å². The van der Waals surface area contributed by atoms with E-state index in [2.05, 4.69) is 40.9 Å². The van der Waals surface area contributed by atoms with E-state index in [0.717, 1.165) is 33.2 Å². The van der Waals surface area contributed by atoms with Gasteiger partial charge in [-0.05, 0) is 61.2 Å². The van der Waals surface area contributed by atoms with Gasteiger partial charge in [-0.25, -0.2) is 19.3 Å². The van der Waals surface area contributed by atoms with Crippen LogP contribution in [0.2, 0.25) is 0 Å². The summed E-state index contributed by atoms with van der Waals surface area (Å²) in [5, 5.41) is 3.08. The molecule has 1 aromatic heterocycles. The molecule has 0 radical (unpaired) electrons. The number of fused-ring (bicyclic) bond motifs is 1. The number of benzene rings is 2. The van der Waals surface area contributed by atoms with Crippen LogP contribution in [-0.4, -0.2) is 19.5 Å². The molecule has 0 bridgehead atoms. The molecule has 0 saturated carbocycles. The van der Waals surface area contributed by atoms with Gasteiger partial charge in [0.05, 0.1) is 17.8 Å². The van der Waals surface area contributed by atoms with Gasteiger partial charge in [-0.1, -0.05) is 24.3 Å². The Kier molecular flexibility index (Phi) is 4.87. The normalized spacial score (nSPS) is 11.4. The number of aromatic nitrogens is 4. The third kappa shape index (κ3) is 3.86. The first kappa shape index (κ1) is 19.6. The van der Waals surface area contributed by atoms with E-state index in [1.165, 1.54) is 11.1 Å². The van der Waals surface area contributed by atoms with Crippen LogP contribution in [0.4, 0.5) is 4.39 Å². The largest absolute Gasteiger partial charge is 0.345 e. The third-order valence-corrected chi connectivity index (χ3v) is 6.41. The number of imidazole rings is 1. The topological polar surface area (TPSA) is 43.6 Å². The third-order valence-electron chi connectivity index (χ3n) is 5.46. The molecule has 0 N–H and O–H groups in total. The molecule has 6 heteroatoms. The number of pyridine rings is 1. The summed E-state index contributed by atoms with van der Waals surface area (Å²) in [5.41, 5.74) is 7.18. The molecule has 0 spiro atoms. The summed E-state index contributed by atoms with van der Waals surface area (Å²) in [6.07, 6.45) is 3.89. The maximum Gasteiger partial charge on any atom is 0.163 e. The number of hydrogen-bond donors (Lipinski definition) is 0. The monoisotopic (exact) mass is 428 g/mol. The lowest BCUT2D eigenvalue weighted by atomic mass is 9.99. The van der Waals surface area contributed by atoms with Crippen LogP contribution in [0.15, 0.2) is 60.2 Å². The number of aryl methyl sites for hydroxylation is 3. The van der Waals surface area contributed by atoms with E-state index in [0.29, 0.717) is 17.9 Å². The van der Waals surface area contributed by atoms with Crippen molar-refractivity contribution >= 4 is 11.3 Å². The average Bonchev–Trinajstić information content (AvgIpc) is 3.35. The summed E-state index contributed by atoms with van der Waals surface area (Å²) in [4.78, 5) is 13.6. The number of hydrogen-bond acceptors (Lipinski definition) is 4. The van der Waals surface area contributed by atoms with Crippen LogP contribution in [0.3, 0.4) is 0 Å². The maximum atomic E-state index is 15.0. The van der Waals surface area contributed by atoms with Gasteiger partial charge in [-0.3, -0.25) is 0 Å². The van der Waals surface area contributed by atoms with Crippen molar-refractivity contribution in [1.82, 2.24) is 19.5 Å². The fourth-order valence-electron chi connectivity index (χ4n) is 3.60. The number of thiazole rings is 1. The number of nitrogens with zero attached hydrogens (tertiary/aromatic N) is 4. The minimum absolute atomic E-state index is 0.322. The van der Waals surface area contributed by atoms with E-state index in [-0.39, 0.29) is 5.82 Å². The highest BCUT2D eigenvalue weighted by Gasteiger charge is 2.16. The van der Waals surface area contributed by atoms with Crippen LogP contribution >= 0.6 is 11.3 Å². The van der Waals surface area contributed by atoms with E-state index in [4.69, 9.17) is 0 Å². The Morgan fingerprint density at radius 3 is 2.39 bits per heavy atom. The number of halogens is 1. The van der Waals surface area contributed by atoms with Crippen molar-refractivity contribution < 1.29 is 4.39 Å². The van der Waals surface area contributed by atoms with Crippen molar-refractivity contribution in [2.45, 2.75) is 27.3 Å². The molecule has 3 heterocycles. The summed E-state index contributed by atoms with van der Waals surface area (Å²) < 4.78 is 17.0. The highest BCUT2D eigenvalue weighted by molar-refractivity contribution is 7.09. The molecule has 5 rings (SSSR count). The lowest BCUT2D eigenvalue weighted by molar-refractivity contribution is 0.631. The van der Waals surface area contributed by atoms with Crippen molar-refractivity contribution in [3.8, 4) is 33.9 Å². The Hall–Kier alpha value is -3.38. The predicted molar refractivity (Wildman–Crippen MR) is 123 cm³/mol. The van der Waals surface area contributed by atoms with Crippen molar-refractivity contribution in [2.24, 2.45) is 0 Å². The standard InChI is InChI=1S/C25H21FN4S/c1-15-4-5-18(10-16(15)2)19-6-7-20(21(26)11-19)25-28-22-8-9-30(12-23(22)29-25)13-24-27-17(3)14-31-24/h4-12,14H,13H2,1-3H3. The lowest BCUT2D eigenvalue weighted by Gasteiger charge is -2.07. The van der Waals surface area contributed by atoms with Gasteiger partial charge < -0.3 is 4.57 Å². The molecule has 2 aromatic carbocycles. The second-order valence-corrected chi connectivity index (χ2v) is 8.75. The molecule has 0 unspecified atom stereocenters. The smallest absolute Gasteiger partial charge is 0.163 e. The molecule has 0 aliphatic carbocycles. The Balaban J connectivity index is 1.46. The molecule has 31 heavy (non-hydrogen) atoms. The first-order valence-corrected chi connectivity index (χ1v) is 11.0. The molecule has 0 amide bonds. The minimum Gasteiger partial charge on any atom is -0.345 e. The molecule has 4 nitrogen and oxygen atoms in total. The molecule has 3 aromatic rings. The molecule has 2 aliphatic heterocycles. The summed E-state index contributed by atoms with van der Waals surface area (Å²) in [6, 6.07) is 13.3. The first-order valence-electron chi connectivity index (χ1n) is 10.1. The van der Waals surface area contributed by atoms with Crippen LogP contribution in [-0.2, 0) is 6.54 Å². The lowest BCUT2D eigenvalue weighted by Crippen LogP contribution is -2.00. The van der Waals surface area contributed by atoms with E-state index < -0.39 is 0 Å². The Morgan fingerprint density at radius 2 is 1.65 bits per heavy atom. The summed E-state index contributed by atoms with van der Waals surface area (Å²) >= 11 is 1.64. The fourth-order valence-corrected chi connectivity index (χ4v) is 4.38. The van der Waals surface area contributed by atoms with E-state index in [9.17, 15) is 0 Å². The quantitative estimate of drug-likeness (QED) is 0.338. The Labute approximate surface area is 184 Å². The minimum atomic E-state index is -0.322. The van der Waals surface area contributed by atoms with Gasteiger partial charge >= 0.3 is 0 Å². The van der Waals surface area contributed by atoms with Crippen molar-refractivity contribution in [1.29, 1.82) is 0 Å². The van der Waals surface area contributed by atoms with Crippen LogP contribution in [0.1, 0.15) is 21.8 Å². The van der Waals surface area contributed by atoms with Gasteiger partial charge in [0, 0.05) is 23.5 Å². The van der Waals surface area contributed by atoms with Crippen LogP contribution < -0.4 is 0 Å². The average molecular weight is 429 g/mol. The van der Waals surface area contributed by atoms with Crippen LogP contribution in [0.25, 0.3) is 33.9 Å². The Morgan fingerprint density at radius 1 is 0.871 bits per heavy atom. The van der Waals surface area contributed by atoms with Gasteiger partial charge in [0.25, 0.3) is 0 Å². The van der Waals surface area contributed by atoms with Crippen LogP contribution in [0, 0.1) is 26.6 Å². The SMILES string of the molecule is Cc1csc(Cn2ccc3nc(-c4ccc(-c5ccc(C)c(C)c5)cc4F)nc-3c2)n1. The highest BCUT2D eigenvalue weighted by Crippen LogP contribution is 2.30. The molecular weight excluding hydrogens is 407 g/mol. The van der Waals surface area contributed by atoms with E-state index >= 15 is 4.39 Å². The molecule has 0 atom stereocenters. The van der Waals surface area contributed by atoms with Gasteiger partial charge in [0.2, 0.25) is 0 Å². The highest BCUT2D eigenvalue weighted by atomic mass is 32.1. The zero-order valence-corrected chi connectivity index (χ0v) is 18.4. The summed E-state index contributed by atoms with van der Waals surface area (Å²) in [7, 11) is 0. The second kappa shape index (κ2) is 7.71. The van der Waals surface area contributed by atoms with Gasteiger partial charge in [-0.2, -0.15) is 0 Å². The predicted octanol–water partition coefficient (Wildman–Crippen LogP) is 6.29. The van der Waals surface area contributed by atoms with Crippen molar-refractivity contribution in [2.75, 3.05) is 0 Å². The molecular formula is C25H21FN4S. The zero-order valence-electron chi connectivity index (χ0n) is 17.6. The molecule has 2 aliphatic rings. The van der Waals surface area contributed by atoms with Crippen LogP contribution in [0.5, 0.6) is 0 Å². The summed E-state index contributed by atoms with van der Waals surface area (Å²) in [6.45, 7) is 6.80. The van der Waals surface area contributed by atoms with E-state index in [1.54, 1.807) is 23.5 Å². The second-order valence-electron chi connectivity index (χ2n) is 7.81. The van der Waals surface area contributed by atoms with E-state index in [1.807, 2.05) is 47.5 Å². The maximum absolute atomic E-state index is 15.0. The van der Waals surface area contributed by atoms with Crippen molar-refractivity contribution in [3.05, 3.63) is 87.9 Å². The van der Waals surface area contributed by atoms with Gasteiger partial charge in [-0.15, -0.1) is 11.3 Å². The number of rotatable bonds is 4. The fraction of sp³-hybridized carbons (Fsp3) is 0.160. The van der Waals surface area contributed by atoms with Gasteiger partial charge in [0.15, 0.2) is 5.82 Å². The zero-order chi connectivity index (χ0) is 21.5.